The second-order valence-corrected chi connectivity index (χ2v) is 6.94. The van der Waals surface area contributed by atoms with Gasteiger partial charge < -0.3 is 10.1 Å². The van der Waals surface area contributed by atoms with Gasteiger partial charge in [0.15, 0.2) is 0 Å². The molecule has 0 heterocycles. The number of sulfonamides is 1. The molecule has 25 heavy (non-hydrogen) atoms. The van der Waals surface area contributed by atoms with Crippen LogP contribution in [0, 0.1) is 0 Å². The number of rotatable bonds is 7. The topological polar surface area (TPSA) is 98.5 Å². The van der Waals surface area contributed by atoms with Crippen molar-refractivity contribution in [1.82, 2.24) is 0 Å². The van der Waals surface area contributed by atoms with E-state index in [2.05, 4.69) is 5.32 Å². The van der Waals surface area contributed by atoms with Crippen LogP contribution in [0.15, 0.2) is 54.6 Å². The van der Waals surface area contributed by atoms with Crippen molar-refractivity contribution in [2.75, 3.05) is 11.9 Å². The van der Waals surface area contributed by atoms with Crippen LogP contribution in [0.3, 0.4) is 0 Å². The molecular weight excluding hydrogens is 340 g/mol. The summed E-state index contributed by atoms with van der Waals surface area (Å²) in [5.74, 6) is 0.260. The van der Waals surface area contributed by atoms with E-state index in [0.717, 1.165) is 11.3 Å². The number of benzene rings is 2. The molecule has 2 aromatic carbocycles. The highest BCUT2D eigenvalue weighted by Gasteiger charge is 2.05. The Bertz CT molecular complexity index is 842. The van der Waals surface area contributed by atoms with E-state index in [9.17, 15) is 13.2 Å². The second-order valence-electron chi connectivity index (χ2n) is 5.33. The zero-order valence-electron chi connectivity index (χ0n) is 13.8. The number of nitrogens with two attached hydrogens (primary N) is 1. The summed E-state index contributed by atoms with van der Waals surface area (Å²) in [7, 11) is -3.57. The molecule has 0 bridgehead atoms. The van der Waals surface area contributed by atoms with Crippen LogP contribution in [0.5, 0.6) is 5.75 Å². The minimum atomic E-state index is -3.57. The third-order valence-corrected chi connectivity index (χ3v) is 3.94. The Morgan fingerprint density at radius 1 is 1.12 bits per heavy atom. The van der Waals surface area contributed by atoms with Crippen LogP contribution in [0.2, 0.25) is 0 Å². The normalized spacial score (nSPS) is 11.4. The Morgan fingerprint density at radius 2 is 1.76 bits per heavy atom. The average Bonchev–Trinajstić information content (AvgIpc) is 2.55. The molecule has 2 rings (SSSR count). The van der Waals surface area contributed by atoms with Crippen molar-refractivity contribution in [1.29, 1.82) is 0 Å². The molecule has 0 spiro atoms. The molecule has 7 heteroatoms. The fourth-order valence-electron chi connectivity index (χ4n) is 2.11. The lowest BCUT2D eigenvalue weighted by molar-refractivity contribution is -0.111. The van der Waals surface area contributed by atoms with Crippen molar-refractivity contribution in [3.05, 3.63) is 65.7 Å². The molecule has 0 radical (unpaired) electrons. The van der Waals surface area contributed by atoms with Gasteiger partial charge in [0.05, 0.1) is 12.4 Å². The number of carbonyl (C=O) groups excluding carboxylic acids is 1. The highest BCUT2D eigenvalue weighted by Crippen LogP contribution is 2.14. The van der Waals surface area contributed by atoms with Gasteiger partial charge in [0.25, 0.3) is 0 Å². The Hall–Kier alpha value is -2.64. The van der Waals surface area contributed by atoms with E-state index in [1.54, 1.807) is 30.3 Å². The zero-order valence-corrected chi connectivity index (χ0v) is 14.6. The van der Waals surface area contributed by atoms with Gasteiger partial charge in [-0.25, -0.2) is 13.6 Å². The van der Waals surface area contributed by atoms with Crippen LogP contribution in [-0.2, 0) is 20.6 Å². The monoisotopic (exact) mass is 360 g/mol. The van der Waals surface area contributed by atoms with Crippen LogP contribution < -0.4 is 15.2 Å². The minimum Gasteiger partial charge on any atom is -0.494 e. The summed E-state index contributed by atoms with van der Waals surface area (Å²) in [5, 5.41) is 7.70. The maximum absolute atomic E-state index is 11.9. The first-order chi connectivity index (χ1) is 11.9. The number of ether oxygens (including phenoxy) is 1. The average molecular weight is 360 g/mol. The molecule has 0 unspecified atom stereocenters. The predicted molar refractivity (Wildman–Crippen MR) is 98.5 cm³/mol. The van der Waals surface area contributed by atoms with E-state index in [0.29, 0.717) is 17.9 Å². The first-order valence-corrected chi connectivity index (χ1v) is 9.38. The van der Waals surface area contributed by atoms with Gasteiger partial charge >= 0.3 is 0 Å². The molecule has 0 fully saturated rings. The third kappa shape index (κ3) is 6.78. The summed E-state index contributed by atoms with van der Waals surface area (Å²) in [6, 6.07) is 13.9. The minimum absolute atomic E-state index is 0.237. The van der Waals surface area contributed by atoms with Crippen LogP contribution in [0.25, 0.3) is 6.08 Å². The molecule has 6 nitrogen and oxygen atoms in total. The summed E-state index contributed by atoms with van der Waals surface area (Å²) < 4.78 is 27.4. The molecule has 0 aliphatic rings. The van der Waals surface area contributed by atoms with Gasteiger partial charge in [-0.3, -0.25) is 4.79 Å². The third-order valence-electron chi connectivity index (χ3n) is 3.21. The van der Waals surface area contributed by atoms with Crippen LogP contribution >= 0.6 is 0 Å². The Kier molecular flexibility index (Phi) is 6.32. The molecule has 0 saturated heterocycles. The number of hydrogen-bond acceptors (Lipinski definition) is 4. The van der Waals surface area contributed by atoms with Crippen molar-refractivity contribution in [2.24, 2.45) is 5.14 Å². The number of amides is 1. The zero-order chi connectivity index (χ0) is 18.3. The molecular formula is C18H20N2O4S. The lowest BCUT2D eigenvalue weighted by Crippen LogP contribution is -2.14. The van der Waals surface area contributed by atoms with Crippen molar-refractivity contribution in [3.8, 4) is 5.75 Å². The highest BCUT2D eigenvalue weighted by atomic mass is 32.2. The van der Waals surface area contributed by atoms with Gasteiger partial charge in [0, 0.05) is 11.8 Å². The summed E-state index contributed by atoms with van der Waals surface area (Å²) in [6.07, 6.45) is 3.12. The van der Waals surface area contributed by atoms with Gasteiger partial charge in [-0.2, -0.15) is 0 Å². The van der Waals surface area contributed by atoms with Crippen molar-refractivity contribution >= 4 is 27.7 Å². The maximum atomic E-state index is 11.9. The van der Waals surface area contributed by atoms with Crippen LogP contribution in [0.4, 0.5) is 5.69 Å². The lowest BCUT2D eigenvalue weighted by atomic mass is 10.2. The number of carbonyl (C=O) groups is 1. The van der Waals surface area contributed by atoms with Crippen molar-refractivity contribution < 1.29 is 17.9 Å². The SMILES string of the molecule is CCOc1ccc(/C=C/C(=O)Nc2ccc(CS(N)(=O)=O)cc2)cc1. The Balaban J connectivity index is 1.93. The Labute approximate surface area is 147 Å². The van der Waals surface area contributed by atoms with E-state index < -0.39 is 10.0 Å². The molecule has 0 aromatic heterocycles. The molecule has 3 N–H and O–H groups in total. The molecule has 0 aliphatic heterocycles. The fraction of sp³-hybridized carbons (Fsp3) is 0.167. The smallest absolute Gasteiger partial charge is 0.248 e. The van der Waals surface area contributed by atoms with Crippen molar-refractivity contribution in [3.63, 3.8) is 0 Å². The quantitative estimate of drug-likeness (QED) is 0.741. The van der Waals surface area contributed by atoms with Gasteiger partial charge in [-0.15, -0.1) is 0 Å². The summed E-state index contributed by atoms with van der Waals surface area (Å²) in [4.78, 5) is 11.9. The van der Waals surface area contributed by atoms with Gasteiger partial charge in [-0.1, -0.05) is 24.3 Å². The van der Waals surface area contributed by atoms with E-state index >= 15 is 0 Å². The molecule has 0 aliphatic carbocycles. The van der Waals surface area contributed by atoms with Gasteiger partial charge in [-0.05, 0) is 48.4 Å². The van der Waals surface area contributed by atoms with Crippen LogP contribution in [-0.4, -0.2) is 20.9 Å². The maximum Gasteiger partial charge on any atom is 0.248 e. The molecule has 0 atom stereocenters. The first kappa shape index (κ1) is 18.7. The van der Waals surface area contributed by atoms with Gasteiger partial charge in [0.2, 0.25) is 15.9 Å². The Morgan fingerprint density at radius 3 is 2.32 bits per heavy atom. The predicted octanol–water partition coefficient (Wildman–Crippen LogP) is 2.53. The number of anilines is 1. The van der Waals surface area contributed by atoms with E-state index in [1.807, 2.05) is 31.2 Å². The van der Waals surface area contributed by atoms with E-state index in [1.165, 1.54) is 6.08 Å². The van der Waals surface area contributed by atoms with Gasteiger partial charge in [0.1, 0.15) is 5.75 Å². The molecule has 2 aromatic rings. The standard InChI is InChI=1S/C18H20N2O4S/c1-2-24-17-10-5-14(6-11-17)7-12-18(21)20-16-8-3-15(4-9-16)13-25(19,22)23/h3-12H,2,13H2,1H3,(H,20,21)(H2,19,22,23)/b12-7+. The molecule has 0 saturated carbocycles. The fourth-order valence-corrected chi connectivity index (χ4v) is 2.77. The van der Waals surface area contributed by atoms with Crippen LogP contribution in [0.1, 0.15) is 18.1 Å². The molecule has 1 amide bonds. The number of primary sulfonamides is 1. The summed E-state index contributed by atoms with van der Waals surface area (Å²) in [5.41, 5.74) is 2.01. The largest absolute Gasteiger partial charge is 0.494 e. The van der Waals surface area contributed by atoms with E-state index in [4.69, 9.17) is 9.88 Å². The van der Waals surface area contributed by atoms with Crippen molar-refractivity contribution in [2.45, 2.75) is 12.7 Å². The first-order valence-electron chi connectivity index (χ1n) is 7.67. The lowest BCUT2D eigenvalue weighted by Gasteiger charge is -2.04. The summed E-state index contributed by atoms with van der Waals surface area (Å²) in [6.45, 7) is 2.52. The molecule has 132 valence electrons. The summed E-state index contributed by atoms with van der Waals surface area (Å²) >= 11 is 0. The number of nitrogens with one attached hydrogen (secondary N) is 1. The number of hydrogen-bond donors (Lipinski definition) is 2. The highest BCUT2D eigenvalue weighted by molar-refractivity contribution is 7.88. The van der Waals surface area contributed by atoms with E-state index in [-0.39, 0.29) is 11.7 Å². The second kappa shape index (κ2) is 8.46.